The largest absolute Gasteiger partial charge is 0.480 e. The van der Waals surface area contributed by atoms with Crippen LogP contribution in [0.25, 0.3) is 0 Å². The van der Waals surface area contributed by atoms with Crippen LogP contribution in [0.5, 0.6) is 0 Å². The van der Waals surface area contributed by atoms with Crippen LogP contribution in [0, 0.1) is 17.0 Å². The molecule has 0 radical (unpaired) electrons. The number of nitrogens with two attached hydrogens (primary N) is 1. The summed E-state index contributed by atoms with van der Waals surface area (Å²) in [6.45, 7) is 2.39. The number of nitro groups is 1. The van der Waals surface area contributed by atoms with E-state index in [0.29, 0.717) is 18.5 Å². The minimum absolute atomic E-state index is 0.0557. The van der Waals surface area contributed by atoms with Crippen molar-refractivity contribution in [2.24, 2.45) is 5.73 Å². The molecule has 3 N–H and O–H groups in total. The number of hydrogen-bond acceptors (Lipinski definition) is 5. The van der Waals surface area contributed by atoms with Crippen LogP contribution in [0.1, 0.15) is 12.0 Å². The van der Waals surface area contributed by atoms with Crippen molar-refractivity contribution in [2.45, 2.75) is 18.9 Å². The highest BCUT2D eigenvalue weighted by atomic mass is 16.6. The Bertz CT molecular complexity index is 546. The fraction of sp³-hybridized carbons (Fsp3) is 0.417. The Morgan fingerprint density at radius 2 is 2.26 bits per heavy atom. The standard InChI is InChI=1S/C12H15N3O4/c1-8-6-9(2-3-10(8)15(18)19)14-5-4-12(13,7-14)11(16)17/h2-3,6H,4-5,7,13H2,1H3,(H,16,17). The van der Waals surface area contributed by atoms with Crippen LogP contribution in [-0.2, 0) is 4.79 Å². The van der Waals surface area contributed by atoms with E-state index >= 15 is 0 Å². The van der Waals surface area contributed by atoms with E-state index in [-0.39, 0.29) is 12.2 Å². The molecule has 1 fully saturated rings. The number of aryl methyl sites for hydroxylation is 1. The van der Waals surface area contributed by atoms with Gasteiger partial charge in [0.1, 0.15) is 5.54 Å². The van der Waals surface area contributed by atoms with Gasteiger partial charge < -0.3 is 15.7 Å². The fourth-order valence-corrected chi connectivity index (χ4v) is 2.27. The zero-order chi connectivity index (χ0) is 14.2. The van der Waals surface area contributed by atoms with Crippen LogP contribution < -0.4 is 10.6 Å². The second kappa shape index (κ2) is 4.51. The van der Waals surface area contributed by atoms with Gasteiger partial charge in [0, 0.05) is 30.4 Å². The van der Waals surface area contributed by atoms with Gasteiger partial charge in [-0.05, 0) is 25.5 Å². The average molecular weight is 265 g/mol. The molecule has 0 aliphatic carbocycles. The van der Waals surface area contributed by atoms with Crippen LogP contribution in [0.3, 0.4) is 0 Å². The maximum absolute atomic E-state index is 11.1. The molecule has 19 heavy (non-hydrogen) atoms. The van der Waals surface area contributed by atoms with Crippen LogP contribution in [0.15, 0.2) is 18.2 Å². The molecule has 7 nitrogen and oxygen atoms in total. The molecular weight excluding hydrogens is 250 g/mol. The van der Waals surface area contributed by atoms with Gasteiger partial charge >= 0.3 is 5.97 Å². The number of nitro benzene ring substituents is 1. The zero-order valence-corrected chi connectivity index (χ0v) is 10.5. The highest BCUT2D eigenvalue weighted by molar-refractivity contribution is 5.80. The minimum Gasteiger partial charge on any atom is -0.480 e. The number of hydrogen-bond donors (Lipinski definition) is 2. The first-order chi connectivity index (χ1) is 8.83. The molecule has 0 spiro atoms. The van der Waals surface area contributed by atoms with Gasteiger partial charge in [-0.2, -0.15) is 0 Å². The molecule has 7 heteroatoms. The summed E-state index contributed by atoms with van der Waals surface area (Å²) in [5.41, 5.74) is 5.92. The summed E-state index contributed by atoms with van der Waals surface area (Å²) >= 11 is 0. The summed E-state index contributed by atoms with van der Waals surface area (Å²) in [5, 5.41) is 19.8. The molecule has 1 aliphatic rings. The maximum Gasteiger partial charge on any atom is 0.325 e. The van der Waals surface area contributed by atoms with Crippen molar-refractivity contribution < 1.29 is 14.8 Å². The highest BCUT2D eigenvalue weighted by Crippen LogP contribution is 2.29. The molecule has 1 aromatic carbocycles. The number of nitrogens with zero attached hydrogens (tertiary/aromatic N) is 2. The number of carboxylic acids is 1. The summed E-state index contributed by atoms with van der Waals surface area (Å²) in [5.74, 6) is -1.02. The Kier molecular flexibility index (Phi) is 3.15. The van der Waals surface area contributed by atoms with E-state index in [2.05, 4.69) is 0 Å². The number of benzene rings is 1. The normalized spacial score (nSPS) is 22.5. The smallest absolute Gasteiger partial charge is 0.325 e. The lowest BCUT2D eigenvalue weighted by Crippen LogP contribution is -2.50. The van der Waals surface area contributed by atoms with Crippen LogP contribution in [0.2, 0.25) is 0 Å². The molecular formula is C12H15N3O4. The zero-order valence-electron chi connectivity index (χ0n) is 10.5. The van der Waals surface area contributed by atoms with Crippen molar-refractivity contribution in [3.8, 4) is 0 Å². The third-order valence-electron chi connectivity index (χ3n) is 3.47. The number of aliphatic carboxylic acids is 1. The van der Waals surface area contributed by atoms with Crippen LogP contribution in [0.4, 0.5) is 11.4 Å². The van der Waals surface area contributed by atoms with Crippen molar-refractivity contribution in [2.75, 3.05) is 18.0 Å². The van der Waals surface area contributed by atoms with Gasteiger partial charge in [-0.3, -0.25) is 14.9 Å². The third-order valence-corrected chi connectivity index (χ3v) is 3.47. The Hall–Kier alpha value is -2.15. The van der Waals surface area contributed by atoms with E-state index in [4.69, 9.17) is 10.8 Å². The van der Waals surface area contributed by atoms with Crippen molar-refractivity contribution in [1.29, 1.82) is 0 Å². The van der Waals surface area contributed by atoms with Crippen molar-refractivity contribution in [1.82, 2.24) is 0 Å². The maximum atomic E-state index is 11.1. The van der Waals surface area contributed by atoms with E-state index in [1.807, 2.05) is 4.90 Å². The second-order valence-electron chi connectivity index (χ2n) is 4.86. The SMILES string of the molecule is Cc1cc(N2CCC(N)(C(=O)O)C2)ccc1[N+](=O)[O-]. The molecule has 0 aromatic heterocycles. The Labute approximate surface area is 109 Å². The lowest BCUT2D eigenvalue weighted by Gasteiger charge is -2.21. The summed E-state index contributed by atoms with van der Waals surface area (Å²) < 4.78 is 0. The summed E-state index contributed by atoms with van der Waals surface area (Å²) in [6.07, 6.45) is 0.359. The van der Waals surface area contributed by atoms with Gasteiger partial charge in [0.05, 0.1) is 4.92 Å². The van der Waals surface area contributed by atoms with Crippen LogP contribution in [-0.4, -0.2) is 34.6 Å². The number of carboxylic acid groups (broad SMARTS) is 1. The molecule has 1 atom stereocenters. The minimum atomic E-state index is -1.24. The van der Waals surface area contributed by atoms with Gasteiger partial charge in [-0.1, -0.05) is 0 Å². The lowest BCUT2D eigenvalue weighted by molar-refractivity contribution is -0.385. The van der Waals surface area contributed by atoms with Gasteiger partial charge in [0.2, 0.25) is 0 Å². The number of rotatable bonds is 3. The monoisotopic (exact) mass is 265 g/mol. The Balaban J connectivity index is 2.23. The fourth-order valence-electron chi connectivity index (χ4n) is 2.27. The molecule has 1 aliphatic heterocycles. The Morgan fingerprint density at radius 3 is 2.74 bits per heavy atom. The van der Waals surface area contributed by atoms with Crippen LogP contribution >= 0.6 is 0 Å². The first-order valence-electron chi connectivity index (χ1n) is 5.86. The topological polar surface area (TPSA) is 110 Å². The predicted octanol–water partition coefficient (Wildman–Crippen LogP) is 0.895. The van der Waals surface area contributed by atoms with Crippen molar-refractivity contribution >= 4 is 17.3 Å². The third kappa shape index (κ3) is 2.37. The number of anilines is 1. The van der Waals surface area contributed by atoms with E-state index < -0.39 is 16.4 Å². The highest BCUT2D eigenvalue weighted by Gasteiger charge is 2.41. The molecule has 1 unspecified atom stereocenters. The first-order valence-corrected chi connectivity index (χ1v) is 5.86. The molecule has 102 valence electrons. The average Bonchev–Trinajstić information content (AvgIpc) is 2.73. The van der Waals surface area contributed by atoms with Gasteiger partial charge in [-0.25, -0.2) is 0 Å². The summed E-state index contributed by atoms with van der Waals surface area (Å²) in [6, 6.07) is 4.74. The van der Waals surface area contributed by atoms with Gasteiger partial charge in [-0.15, -0.1) is 0 Å². The first kappa shape index (κ1) is 13.3. The molecule has 0 bridgehead atoms. The van der Waals surface area contributed by atoms with E-state index in [9.17, 15) is 14.9 Å². The number of carbonyl (C=O) groups is 1. The molecule has 0 saturated carbocycles. The predicted molar refractivity (Wildman–Crippen MR) is 69.2 cm³/mol. The van der Waals surface area contributed by atoms with Crippen molar-refractivity contribution in [3.05, 3.63) is 33.9 Å². The molecule has 1 aromatic rings. The Morgan fingerprint density at radius 1 is 1.58 bits per heavy atom. The van der Waals surface area contributed by atoms with E-state index in [1.165, 1.54) is 6.07 Å². The quantitative estimate of drug-likeness (QED) is 0.620. The molecule has 2 rings (SSSR count). The molecule has 0 amide bonds. The summed E-state index contributed by atoms with van der Waals surface area (Å²) in [7, 11) is 0. The van der Waals surface area contributed by atoms with Gasteiger partial charge in [0.15, 0.2) is 0 Å². The van der Waals surface area contributed by atoms with Gasteiger partial charge in [0.25, 0.3) is 5.69 Å². The van der Waals surface area contributed by atoms with Crippen molar-refractivity contribution in [3.63, 3.8) is 0 Å². The summed E-state index contributed by atoms with van der Waals surface area (Å²) in [4.78, 5) is 23.2. The van der Waals surface area contributed by atoms with E-state index in [1.54, 1.807) is 19.1 Å². The molecule has 1 saturated heterocycles. The van der Waals surface area contributed by atoms with E-state index in [0.717, 1.165) is 5.69 Å². The second-order valence-corrected chi connectivity index (χ2v) is 4.86. The molecule has 1 heterocycles. The lowest BCUT2D eigenvalue weighted by atomic mass is 10.0.